The normalized spacial score (nSPS) is 10.6. The summed E-state index contributed by atoms with van der Waals surface area (Å²) in [4.78, 5) is 35.6. The smallest absolute Gasteiger partial charge is 0.329 e. The highest BCUT2D eigenvalue weighted by Gasteiger charge is 2.12. The van der Waals surface area contributed by atoms with E-state index in [1.807, 2.05) is 32.0 Å². The van der Waals surface area contributed by atoms with Crippen LogP contribution in [0.4, 0.5) is 5.69 Å². The molecule has 170 valence electrons. The van der Waals surface area contributed by atoms with Crippen molar-refractivity contribution in [3.05, 3.63) is 58.1 Å². The molecule has 0 fully saturated rings. The number of methoxy groups -OCH3 is 1. The fourth-order valence-electron chi connectivity index (χ4n) is 2.47. The minimum atomic E-state index is -0.936. The lowest BCUT2D eigenvalue weighted by molar-refractivity contribution is -0.139. The zero-order valence-corrected chi connectivity index (χ0v) is 18.8. The van der Waals surface area contributed by atoms with Gasteiger partial charge in [0.2, 0.25) is 0 Å². The number of ether oxygens (including phenoxy) is 2. The van der Waals surface area contributed by atoms with Gasteiger partial charge in [-0.25, -0.2) is 5.43 Å². The van der Waals surface area contributed by atoms with E-state index in [9.17, 15) is 14.4 Å². The number of amides is 3. The van der Waals surface area contributed by atoms with Crippen LogP contribution in [-0.2, 0) is 19.1 Å². The molecule has 3 amide bonds. The minimum absolute atomic E-state index is 0.197. The molecule has 0 saturated heterocycles. The number of halogens is 1. The number of aryl methyl sites for hydroxylation is 2. The number of hydrogen-bond donors (Lipinski definition) is 3. The van der Waals surface area contributed by atoms with Crippen molar-refractivity contribution in [1.82, 2.24) is 10.7 Å². The lowest BCUT2D eigenvalue weighted by Gasteiger charge is -2.11. The molecular weight excluding hydrogens is 436 g/mol. The highest BCUT2D eigenvalue weighted by atomic mass is 35.5. The SMILES string of the molecule is COCCNC(=O)C(=O)N/N=C\c1cc(Cl)ccc1OCC(=O)Nc1ccc(C)c(C)c1. The van der Waals surface area contributed by atoms with Crippen LogP contribution in [0, 0.1) is 13.8 Å². The van der Waals surface area contributed by atoms with Crippen molar-refractivity contribution < 1.29 is 23.9 Å². The predicted molar refractivity (Wildman–Crippen MR) is 122 cm³/mol. The van der Waals surface area contributed by atoms with E-state index < -0.39 is 11.8 Å². The summed E-state index contributed by atoms with van der Waals surface area (Å²) < 4.78 is 10.4. The summed E-state index contributed by atoms with van der Waals surface area (Å²) in [6, 6.07) is 10.3. The Balaban J connectivity index is 1.94. The van der Waals surface area contributed by atoms with Crippen molar-refractivity contribution in [2.24, 2.45) is 5.10 Å². The zero-order chi connectivity index (χ0) is 23.5. The molecule has 0 atom stereocenters. The molecule has 9 nitrogen and oxygen atoms in total. The maximum absolute atomic E-state index is 12.2. The molecule has 0 aromatic heterocycles. The second-order valence-electron chi connectivity index (χ2n) is 6.77. The summed E-state index contributed by atoms with van der Waals surface area (Å²) in [5.74, 6) is -1.79. The van der Waals surface area contributed by atoms with Crippen LogP contribution in [0.1, 0.15) is 16.7 Å². The van der Waals surface area contributed by atoms with E-state index in [0.717, 1.165) is 11.1 Å². The number of nitrogens with zero attached hydrogens (tertiary/aromatic N) is 1. The Bertz CT molecular complexity index is 1010. The first-order valence-corrected chi connectivity index (χ1v) is 10.1. The third-order valence-corrected chi connectivity index (χ3v) is 4.52. The molecule has 0 heterocycles. The maximum atomic E-state index is 12.2. The fourth-order valence-corrected chi connectivity index (χ4v) is 2.65. The van der Waals surface area contributed by atoms with Crippen LogP contribution >= 0.6 is 11.6 Å². The van der Waals surface area contributed by atoms with Crippen molar-refractivity contribution in [1.29, 1.82) is 0 Å². The minimum Gasteiger partial charge on any atom is -0.483 e. The van der Waals surface area contributed by atoms with Gasteiger partial charge in [0.05, 0.1) is 12.8 Å². The van der Waals surface area contributed by atoms with Crippen LogP contribution in [0.2, 0.25) is 5.02 Å². The van der Waals surface area contributed by atoms with Crippen LogP contribution in [0.3, 0.4) is 0 Å². The maximum Gasteiger partial charge on any atom is 0.329 e. The van der Waals surface area contributed by atoms with Gasteiger partial charge in [0.15, 0.2) is 6.61 Å². The fraction of sp³-hybridized carbons (Fsp3) is 0.273. The number of carbonyl (C=O) groups is 3. The Morgan fingerprint density at radius 3 is 2.56 bits per heavy atom. The number of anilines is 1. The van der Waals surface area contributed by atoms with Crippen molar-refractivity contribution in [2.75, 3.05) is 32.2 Å². The first kappa shape index (κ1) is 24.8. The van der Waals surface area contributed by atoms with Gasteiger partial charge in [-0.3, -0.25) is 14.4 Å². The molecule has 3 N–H and O–H groups in total. The average molecular weight is 461 g/mol. The standard InChI is InChI=1S/C22H25ClN4O5/c1-14-4-6-18(10-15(14)2)26-20(28)13-32-19-7-5-17(23)11-16(19)12-25-27-22(30)21(29)24-8-9-31-3/h4-7,10-12H,8-9,13H2,1-3H3,(H,24,29)(H,26,28)(H,27,30)/b25-12-. The molecular formula is C22H25ClN4O5. The lowest BCUT2D eigenvalue weighted by atomic mass is 10.1. The van der Waals surface area contributed by atoms with Crippen molar-refractivity contribution in [3.63, 3.8) is 0 Å². The molecule has 32 heavy (non-hydrogen) atoms. The monoisotopic (exact) mass is 460 g/mol. The van der Waals surface area contributed by atoms with Gasteiger partial charge >= 0.3 is 11.8 Å². The van der Waals surface area contributed by atoms with Gasteiger partial charge in [-0.1, -0.05) is 17.7 Å². The van der Waals surface area contributed by atoms with Gasteiger partial charge in [0.25, 0.3) is 5.91 Å². The van der Waals surface area contributed by atoms with Crippen molar-refractivity contribution in [2.45, 2.75) is 13.8 Å². The van der Waals surface area contributed by atoms with E-state index in [0.29, 0.717) is 22.0 Å². The average Bonchev–Trinajstić information content (AvgIpc) is 2.75. The largest absolute Gasteiger partial charge is 0.483 e. The van der Waals surface area contributed by atoms with Crippen LogP contribution in [0.5, 0.6) is 5.75 Å². The third-order valence-electron chi connectivity index (χ3n) is 4.29. The summed E-state index contributed by atoms with van der Waals surface area (Å²) in [6.45, 7) is 4.18. The van der Waals surface area contributed by atoms with E-state index in [2.05, 4.69) is 21.2 Å². The van der Waals surface area contributed by atoms with E-state index in [4.69, 9.17) is 21.1 Å². The summed E-state index contributed by atoms with van der Waals surface area (Å²) in [6.07, 6.45) is 1.27. The van der Waals surface area contributed by atoms with Crippen molar-refractivity contribution in [3.8, 4) is 5.75 Å². The molecule has 0 saturated carbocycles. The zero-order valence-electron chi connectivity index (χ0n) is 18.0. The first-order chi connectivity index (χ1) is 15.3. The second-order valence-corrected chi connectivity index (χ2v) is 7.20. The first-order valence-electron chi connectivity index (χ1n) is 9.69. The molecule has 0 aliphatic heterocycles. The van der Waals surface area contributed by atoms with Crippen molar-refractivity contribution >= 4 is 41.2 Å². The Morgan fingerprint density at radius 2 is 1.84 bits per heavy atom. The molecule has 0 bridgehead atoms. The Hall–Kier alpha value is -3.43. The lowest BCUT2D eigenvalue weighted by Crippen LogP contribution is -2.39. The highest BCUT2D eigenvalue weighted by Crippen LogP contribution is 2.21. The van der Waals surface area contributed by atoms with Crippen LogP contribution < -0.4 is 20.8 Å². The van der Waals surface area contributed by atoms with Gasteiger partial charge in [0, 0.05) is 29.9 Å². The quantitative estimate of drug-likeness (QED) is 0.229. The molecule has 0 aliphatic carbocycles. The number of hydrogen-bond acceptors (Lipinski definition) is 6. The summed E-state index contributed by atoms with van der Waals surface area (Å²) in [5.41, 5.74) is 5.39. The Labute approximate surface area is 191 Å². The highest BCUT2D eigenvalue weighted by molar-refractivity contribution is 6.35. The van der Waals surface area contributed by atoms with Gasteiger partial charge in [0.1, 0.15) is 5.75 Å². The molecule has 2 aromatic carbocycles. The topological polar surface area (TPSA) is 118 Å². The summed E-state index contributed by atoms with van der Waals surface area (Å²) in [5, 5.41) is 9.29. The molecule has 0 unspecified atom stereocenters. The van der Waals surface area contributed by atoms with Crippen LogP contribution in [-0.4, -0.2) is 50.8 Å². The molecule has 10 heteroatoms. The Morgan fingerprint density at radius 1 is 1.06 bits per heavy atom. The number of carbonyl (C=O) groups excluding carboxylic acids is 3. The van der Waals surface area contributed by atoms with Gasteiger partial charge in [-0.2, -0.15) is 5.10 Å². The Kier molecular flexibility index (Phi) is 9.65. The van der Waals surface area contributed by atoms with Gasteiger partial charge < -0.3 is 20.1 Å². The van der Waals surface area contributed by atoms with E-state index >= 15 is 0 Å². The molecule has 0 spiro atoms. The third kappa shape index (κ3) is 8.01. The molecule has 0 radical (unpaired) electrons. The molecule has 0 aliphatic rings. The second kappa shape index (κ2) is 12.4. The van der Waals surface area contributed by atoms with E-state index in [1.54, 1.807) is 18.2 Å². The van der Waals surface area contributed by atoms with Crippen LogP contribution in [0.25, 0.3) is 0 Å². The number of hydrazone groups is 1. The number of rotatable bonds is 9. The predicted octanol–water partition coefficient (Wildman–Crippen LogP) is 2.19. The van der Waals surface area contributed by atoms with Gasteiger partial charge in [-0.15, -0.1) is 0 Å². The molecule has 2 rings (SSSR count). The number of benzene rings is 2. The van der Waals surface area contributed by atoms with E-state index in [-0.39, 0.29) is 25.7 Å². The van der Waals surface area contributed by atoms with Gasteiger partial charge in [-0.05, 0) is 55.3 Å². The molecule has 2 aromatic rings. The number of nitrogens with one attached hydrogen (secondary N) is 3. The van der Waals surface area contributed by atoms with E-state index in [1.165, 1.54) is 13.3 Å². The van der Waals surface area contributed by atoms with Crippen LogP contribution in [0.15, 0.2) is 41.5 Å². The summed E-state index contributed by atoms with van der Waals surface area (Å²) >= 11 is 6.02. The summed E-state index contributed by atoms with van der Waals surface area (Å²) in [7, 11) is 1.48.